The van der Waals surface area contributed by atoms with E-state index in [0.717, 1.165) is 35.9 Å². The summed E-state index contributed by atoms with van der Waals surface area (Å²) in [5, 5.41) is 3.15. The van der Waals surface area contributed by atoms with Crippen molar-refractivity contribution in [1.29, 1.82) is 0 Å². The molecule has 1 aromatic heterocycles. The monoisotopic (exact) mass is 406 g/mol. The largest absolute Gasteiger partial charge is 0.366 e. The van der Waals surface area contributed by atoms with E-state index < -0.39 is 5.91 Å². The van der Waals surface area contributed by atoms with Gasteiger partial charge >= 0.3 is 0 Å². The number of nitrogens with zero attached hydrogens (tertiary/aromatic N) is 3. The van der Waals surface area contributed by atoms with Gasteiger partial charge in [0.1, 0.15) is 5.01 Å². The Balaban J connectivity index is 1.32. The normalized spacial score (nSPS) is 14.7. The molecular formula is C22H22N4O2S. The van der Waals surface area contributed by atoms with Crippen molar-refractivity contribution in [3.63, 3.8) is 0 Å². The molecule has 0 saturated carbocycles. The van der Waals surface area contributed by atoms with Crippen LogP contribution in [0.1, 0.15) is 26.4 Å². The lowest BCUT2D eigenvalue weighted by Gasteiger charge is -2.34. The molecule has 2 aromatic carbocycles. The first kappa shape index (κ1) is 19.3. The fraction of sp³-hybridized carbons (Fsp3) is 0.227. The van der Waals surface area contributed by atoms with Crippen LogP contribution < -0.4 is 5.73 Å². The average molecular weight is 407 g/mol. The van der Waals surface area contributed by atoms with Gasteiger partial charge in [0.15, 0.2) is 0 Å². The number of rotatable bonds is 5. The van der Waals surface area contributed by atoms with Crippen LogP contribution in [0.3, 0.4) is 0 Å². The molecule has 7 heteroatoms. The highest BCUT2D eigenvalue weighted by atomic mass is 32.1. The number of aromatic nitrogens is 1. The van der Waals surface area contributed by atoms with Crippen LogP contribution in [0.25, 0.3) is 10.6 Å². The number of thiazole rings is 1. The zero-order valence-corrected chi connectivity index (χ0v) is 16.8. The third-order valence-electron chi connectivity index (χ3n) is 5.03. The van der Waals surface area contributed by atoms with Gasteiger partial charge in [-0.2, -0.15) is 0 Å². The summed E-state index contributed by atoms with van der Waals surface area (Å²) in [6.07, 6.45) is 0. The van der Waals surface area contributed by atoms with E-state index in [0.29, 0.717) is 24.2 Å². The van der Waals surface area contributed by atoms with Crippen LogP contribution in [0.4, 0.5) is 0 Å². The Bertz CT molecular complexity index is 993. The molecule has 2 amide bonds. The molecule has 148 valence electrons. The minimum Gasteiger partial charge on any atom is -0.366 e. The van der Waals surface area contributed by atoms with Gasteiger partial charge in [0, 0.05) is 54.8 Å². The standard InChI is InChI=1S/C22H22N4O2S/c23-20(27)16-6-8-18(9-7-16)22(28)26-12-10-25(11-13-26)14-19-15-29-21(24-19)17-4-2-1-3-5-17/h1-9,15H,10-14H2,(H2,23,27). The molecule has 0 atom stereocenters. The minimum absolute atomic E-state index is 0.0132. The van der Waals surface area contributed by atoms with E-state index in [1.807, 2.05) is 23.1 Å². The number of carbonyl (C=O) groups excluding carboxylic acids is 2. The van der Waals surface area contributed by atoms with Crippen molar-refractivity contribution < 1.29 is 9.59 Å². The van der Waals surface area contributed by atoms with Crippen LogP contribution in [0, 0.1) is 0 Å². The molecule has 1 aliphatic rings. The second kappa shape index (κ2) is 8.55. The van der Waals surface area contributed by atoms with Crippen molar-refractivity contribution in [2.75, 3.05) is 26.2 Å². The summed E-state index contributed by atoms with van der Waals surface area (Å²) in [5.74, 6) is -0.504. The number of benzene rings is 2. The van der Waals surface area contributed by atoms with Crippen LogP contribution in [0.15, 0.2) is 60.0 Å². The fourth-order valence-electron chi connectivity index (χ4n) is 3.39. The van der Waals surface area contributed by atoms with Gasteiger partial charge in [0.05, 0.1) is 5.69 Å². The smallest absolute Gasteiger partial charge is 0.253 e. The zero-order valence-electron chi connectivity index (χ0n) is 16.0. The molecule has 3 aromatic rings. The Morgan fingerprint density at radius 2 is 1.59 bits per heavy atom. The molecule has 0 radical (unpaired) electrons. The summed E-state index contributed by atoms with van der Waals surface area (Å²) < 4.78 is 0. The maximum atomic E-state index is 12.7. The second-order valence-corrected chi connectivity index (χ2v) is 7.88. The summed E-state index contributed by atoms with van der Waals surface area (Å²) in [5.41, 5.74) is 8.44. The lowest BCUT2D eigenvalue weighted by atomic mass is 10.1. The number of carbonyl (C=O) groups is 2. The third-order valence-corrected chi connectivity index (χ3v) is 5.97. The van der Waals surface area contributed by atoms with Gasteiger partial charge in [-0.05, 0) is 24.3 Å². The molecule has 0 aliphatic carbocycles. The SMILES string of the molecule is NC(=O)c1ccc(C(=O)N2CCN(Cc3csc(-c4ccccc4)n3)CC2)cc1. The number of piperazine rings is 1. The van der Waals surface area contributed by atoms with Gasteiger partial charge in [-0.25, -0.2) is 4.98 Å². The van der Waals surface area contributed by atoms with Crippen molar-refractivity contribution in [2.45, 2.75) is 6.54 Å². The summed E-state index contributed by atoms with van der Waals surface area (Å²) in [6, 6.07) is 16.7. The molecule has 1 fully saturated rings. The molecule has 0 unspecified atom stereocenters. The van der Waals surface area contributed by atoms with Gasteiger partial charge in [-0.15, -0.1) is 11.3 Å². The molecule has 2 heterocycles. The van der Waals surface area contributed by atoms with E-state index in [-0.39, 0.29) is 5.91 Å². The van der Waals surface area contributed by atoms with Crippen LogP contribution in [-0.2, 0) is 6.54 Å². The first-order valence-electron chi connectivity index (χ1n) is 9.51. The first-order valence-corrected chi connectivity index (χ1v) is 10.4. The zero-order chi connectivity index (χ0) is 20.2. The van der Waals surface area contributed by atoms with Crippen molar-refractivity contribution in [1.82, 2.24) is 14.8 Å². The number of primary amides is 1. The number of nitrogens with two attached hydrogens (primary N) is 1. The molecule has 4 rings (SSSR count). The van der Waals surface area contributed by atoms with E-state index in [4.69, 9.17) is 10.7 Å². The molecular weight excluding hydrogens is 384 g/mol. The van der Waals surface area contributed by atoms with Crippen molar-refractivity contribution >= 4 is 23.2 Å². The maximum Gasteiger partial charge on any atom is 0.253 e. The van der Waals surface area contributed by atoms with E-state index in [9.17, 15) is 9.59 Å². The Morgan fingerprint density at radius 3 is 2.24 bits per heavy atom. The average Bonchev–Trinajstić information content (AvgIpc) is 3.23. The molecule has 0 spiro atoms. The maximum absolute atomic E-state index is 12.7. The lowest BCUT2D eigenvalue weighted by molar-refractivity contribution is 0.0627. The van der Waals surface area contributed by atoms with Crippen LogP contribution in [0.2, 0.25) is 0 Å². The fourth-order valence-corrected chi connectivity index (χ4v) is 4.21. The topological polar surface area (TPSA) is 79.5 Å². The highest BCUT2D eigenvalue weighted by molar-refractivity contribution is 7.13. The Labute approximate surface area is 173 Å². The highest BCUT2D eigenvalue weighted by Gasteiger charge is 2.22. The molecule has 29 heavy (non-hydrogen) atoms. The number of hydrogen-bond donors (Lipinski definition) is 1. The van der Waals surface area contributed by atoms with Crippen molar-refractivity contribution in [3.8, 4) is 10.6 Å². The predicted octanol–water partition coefficient (Wildman–Crippen LogP) is 2.87. The summed E-state index contributed by atoms with van der Waals surface area (Å²) >= 11 is 1.66. The lowest BCUT2D eigenvalue weighted by Crippen LogP contribution is -2.48. The van der Waals surface area contributed by atoms with E-state index in [1.165, 1.54) is 0 Å². The van der Waals surface area contributed by atoms with Gasteiger partial charge in [-0.1, -0.05) is 30.3 Å². The number of hydrogen-bond acceptors (Lipinski definition) is 5. The van der Waals surface area contributed by atoms with Crippen molar-refractivity contribution in [3.05, 3.63) is 76.8 Å². The van der Waals surface area contributed by atoms with E-state index >= 15 is 0 Å². The third kappa shape index (κ3) is 4.52. The molecule has 0 bridgehead atoms. The van der Waals surface area contributed by atoms with Crippen LogP contribution in [0.5, 0.6) is 0 Å². The predicted molar refractivity (Wildman–Crippen MR) is 114 cm³/mol. The summed E-state index contributed by atoms with van der Waals surface area (Å²) in [6.45, 7) is 3.75. The van der Waals surface area contributed by atoms with Gasteiger partial charge in [-0.3, -0.25) is 14.5 Å². The number of amides is 2. The summed E-state index contributed by atoms with van der Waals surface area (Å²) in [7, 11) is 0. The minimum atomic E-state index is -0.491. The first-order chi connectivity index (χ1) is 14.1. The second-order valence-electron chi connectivity index (χ2n) is 7.02. The molecule has 1 aliphatic heterocycles. The Hall–Kier alpha value is -3.03. The molecule has 6 nitrogen and oxygen atoms in total. The highest BCUT2D eigenvalue weighted by Crippen LogP contribution is 2.24. The Morgan fingerprint density at radius 1 is 0.931 bits per heavy atom. The molecule has 1 saturated heterocycles. The molecule has 2 N–H and O–H groups in total. The van der Waals surface area contributed by atoms with Gasteiger partial charge in [0.25, 0.3) is 5.91 Å². The quantitative estimate of drug-likeness (QED) is 0.707. The van der Waals surface area contributed by atoms with Gasteiger partial charge < -0.3 is 10.6 Å². The Kier molecular flexibility index (Phi) is 5.69. The van der Waals surface area contributed by atoms with Crippen LogP contribution >= 0.6 is 11.3 Å². The van der Waals surface area contributed by atoms with Crippen molar-refractivity contribution in [2.24, 2.45) is 5.73 Å². The summed E-state index contributed by atoms with van der Waals surface area (Å²) in [4.78, 5) is 32.8. The van der Waals surface area contributed by atoms with E-state index in [2.05, 4.69) is 22.4 Å². The van der Waals surface area contributed by atoms with Gasteiger partial charge in [0.2, 0.25) is 5.91 Å². The van der Waals surface area contributed by atoms with E-state index in [1.54, 1.807) is 35.6 Å². The van der Waals surface area contributed by atoms with Crippen LogP contribution in [-0.4, -0.2) is 52.8 Å².